The number of hydrogen-bond donors (Lipinski definition) is 1. The quantitative estimate of drug-likeness (QED) is 0.907. The molecule has 0 aliphatic carbocycles. The van der Waals surface area contributed by atoms with Crippen LogP contribution in [0, 0.1) is 13.8 Å². The predicted molar refractivity (Wildman–Crippen MR) is 70.1 cm³/mol. The summed E-state index contributed by atoms with van der Waals surface area (Å²) in [7, 11) is 1.84. The number of hydrogen-bond acceptors (Lipinski definition) is 2. The summed E-state index contributed by atoms with van der Waals surface area (Å²) < 4.78 is 1.74. The maximum absolute atomic E-state index is 11.3. The molecule has 18 heavy (non-hydrogen) atoms. The van der Waals surface area contributed by atoms with E-state index in [1.807, 2.05) is 20.9 Å². The van der Waals surface area contributed by atoms with E-state index in [1.165, 1.54) is 6.07 Å². The van der Waals surface area contributed by atoms with Gasteiger partial charge < -0.3 is 5.11 Å². The van der Waals surface area contributed by atoms with Crippen molar-refractivity contribution in [2.75, 3.05) is 0 Å². The minimum Gasteiger partial charge on any atom is -0.478 e. The Labute approximate surface area is 110 Å². The number of nitrogens with zero attached hydrogens (tertiary/aromatic N) is 2. The largest absolute Gasteiger partial charge is 0.478 e. The van der Waals surface area contributed by atoms with E-state index in [4.69, 9.17) is 11.6 Å². The fourth-order valence-corrected chi connectivity index (χ4v) is 2.25. The Kier molecular flexibility index (Phi) is 3.13. The van der Waals surface area contributed by atoms with E-state index >= 15 is 0 Å². The highest BCUT2D eigenvalue weighted by atomic mass is 35.5. The van der Waals surface area contributed by atoms with Crippen molar-refractivity contribution in [3.05, 3.63) is 40.2 Å². The number of rotatable bonds is 2. The predicted octanol–water partition coefficient (Wildman–Crippen LogP) is 3.06. The second-order valence-electron chi connectivity index (χ2n) is 4.16. The molecular weight excluding hydrogens is 252 g/mol. The van der Waals surface area contributed by atoms with Crippen LogP contribution in [0.4, 0.5) is 0 Å². The number of halogens is 1. The van der Waals surface area contributed by atoms with Gasteiger partial charge in [0.1, 0.15) is 0 Å². The van der Waals surface area contributed by atoms with E-state index in [-0.39, 0.29) is 5.56 Å². The Morgan fingerprint density at radius 3 is 2.56 bits per heavy atom. The molecule has 2 rings (SSSR count). The Morgan fingerprint density at radius 2 is 2.06 bits per heavy atom. The summed E-state index contributed by atoms with van der Waals surface area (Å²) in [5.74, 6) is -0.991. The lowest BCUT2D eigenvalue weighted by atomic mass is 9.98. The summed E-state index contributed by atoms with van der Waals surface area (Å²) in [5, 5.41) is 14.0. The monoisotopic (exact) mass is 264 g/mol. The van der Waals surface area contributed by atoms with Crippen LogP contribution in [0.25, 0.3) is 11.1 Å². The molecule has 1 N–H and O–H groups in total. The van der Waals surface area contributed by atoms with Crippen molar-refractivity contribution in [2.24, 2.45) is 7.05 Å². The smallest absolute Gasteiger partial charge is 0.336 e. The first-order valence-corrected chi connectivity index (χ1v) is 5.83. The number of aryl methyl sites for hydroxylation is 2. The van der Waals surface area contributed by atoms with Gasteiger partial charge in [-0.15, -0.1) is 0 Å². The van der Waals surface area contributed by atoms with Crippen LogP contribution in [-0.4, -0.2) is 20.9 Å². The average molecular weight is 265 g/mol. The zero-order chi connectivity index (χ0) is 13.4. The molecule has 94 valence electrons. The van der Waals surface area contributed by atoms with Gasteiger partial charge in [0.25, 0.3) is 0 Å². The first-order chi connectivity index (χ1) is 8.41. The van der Waals surface area contributed by atoms with E-state index in [2.05, 4.69) is 5.10 Å². The second kappa shape index (κ2) is 4.46. The minimum atomic E-state index is -0.991. The summed E-state index contributed by atoms with van der Waals surface area (Å²) >= 11 is 5.85. The third-order valence-electron chi connectivity index (χ3n) is 2.99. The zero-order valence-corrected chi connectivity index (χ0v) is 11.1. The van der Waals surface area contributed by atoms with E-state index in [1.54, 1.807) is 16.8 Å². The highest BCUT2D eigenvalue weighted by Crippen LogP contribution is 2.31. The molecule has 1 aromatic carbocycles. The molecule has 1 heterocycles. The van der Waals surface area contributed by atoms with Gasteiger partial charge in [0.05, 0.1) is 11.3 Å². The van der Waals surface area contributed by atoms with Crippen molar-refractivity contribution in [3.8, 4) is 11.1 Å². The molecule has 0 saturated heterocycles. The third kappa shape index (κ3) is 1.99. The Morgan fingerprint density at radius 1 is 1.39 bits per heavy atom. The first-order valence-electron chi connectivity index (χ1n) is 5.45. The molecule has 2 aromatic rings. The van der Waals surface area contributed by atoms with Crippen molar-refractivity contribution in [2.45, 2.75) is 13.8 Å². The summed E-state index contributed by atoms with van der Waals surface area (Å²) in [5.41, 5.74) is 3.43. The maximum Gasteiger partial charge on any atom is 0.336 e. The molecule has 5 heteroatoms. The normalized spacial score (nSPS) is 10.7. The van der Waals surface area contributed by atoms with Crippen LogP contribution in [0.1, 0.15) is 21.7 Å². The summed E-state index contributed by atoms with van der Waals surface area (Å²) in [6.45, 7) is 3.78. The van der Waals surface area contributed by atoms with Crippen molar-refractivity contribution >= 4 is 17.6 Å². The number of carboxylic acids is 1. The standard InChI is InChI=1S/C13H13ClN2O2/c1-7-12(8(2)16(3)15-7)10-5-4-9(14)6-11(10)13(17)18/h4-6H,1-3H3,(H,17,18). The van der Waals surface area contributed by atoms with Crippen molar-refractivity contribution < 1.29 is 9.90 Å². The summed E-state index contributed by atoms with van der Waals surface area (Å²) in [4.78, 5) is 11.3. The molecule has 0 radical (unpaired) electrons. The molecule has 0 unspecified atom stereocenters. The lowest BCUT2D eigenvalue weighted by Gasteiger charge is -2.07. The Hall–Kier alpha value is -1.81. The number of benzene rings is 1. The Balaban J connectivity index is 2.75. The van der Waals surface area contributed by atoms with Crippen LogP contribution in [0.2, 0.25) is 5.02 Å². The van der Waals surface area contributed by atoms with E-state index in [0.29, 0.717) is 10.6 Å². The number of carboxylic acid groups (broad SMARTS) is 1. The van der Waals surface area contributed by atoms with Gasteiger partial charge in [0, 0.05) is 23.3 Å². The SMILES string of the molecule is Cc1nn(C)c(C)c1-c1ccc(Cl)cc1C(=O)O. The van der Waals surface area contributed by atoms with Gasteiger partial charge in [-0.1, -0.05) is 17.7 Å². The molecule has 0 amide bonds. The molecule has 0 fully saturated rings. The summed E-state index contributed by atoms with van der Waals surface area (Å²) in [6.07, 6.45) is 0. The van der Waals surface area contributed by atoms with Crippen LogP contribution in [-0.2, 0) is 7.05 Å². The van der Waals surface area contributed by atoms with Crippen molar-refractivity contribution in [1.82, 2.24) is 9.78 Å². The Bertz CT molecular complexity index is 632. The second-order valence-corrected chi connectivity index (χ2v) is 4.60. The van der Waals surface area contributed by atoms with Crippen molar-refractivity contribution in [3.63, 3.8) is 0 Å². The van der Waals surface area contributed by atoms with Gasteiger partial charge >= 0.3 is 5.97 Å². The van der Waals surface area contributed by atoms with Gasteiger partial charge in [-0.05, 0) is 31.5 Å². The zero-order valence-electron chi connectivity index (χ0n) is 10.4. The van der Waals surface area contributed by atoms with Crippen LogP contribution < -0.4 is 0 Å². The van der Waals surface area contributed by atoms with Crippen LogP contribution in [0.3, 0.4) is 0 Å². The number of carbonyl (C=O) groups is 1. The average Bonchev–Trinajstić information content (AvgIpc) is 2.54. The molecular formula is C13H13ClN2O2. The highest BCUT2D eigenvalue weighted by molar-refractivity contribution is 6.31. The fraction of sp³-hybridized carbons (Fsp3) is 0.231. The van der Waals surface area contributed by atoms with E-state index in [0.717, 1.165) is 17.0 Å². The highest BCUT2D eigenvalue weighted by Gasteiger charge is 2.18. The van der Waals surface area contributed by atoms with Gasteiger partial charge in [0.2, 0.25) is 0 Å². The van der Waals surface area contributed by atoms with Crippen molar-refractivity contribution in [1.29, 1.82) is 0 Å². The molecule has 0 aliphatic heterocycles. The van der Waals surface area contributed by atoms with E-state index in [9.17, 15) is 9.90 Å². The molecule has 0 spiro atoms. The molecule has 4 nitrogen and oxygen atoms in total. The maximum atomic E-state index is 11.3. The third-order valence-corrected chi connectivity index (χ3v) is 3.23. The van der Waals surface area contributed by atoms with Gasteiger partial charge in [-0.25, -0.2) is 4.79 Å². The minimum absolute atomic E-state index is 0.196. The first kappa shape index (κ1) is 12.6. The van der Waals surface area contributed by atoms with Crippen LogP contribution in [0.5, 0.6) is 0 Å². The van der Waals surface area contributed by atoms with Crippen LogP contribution in [0.15, 0.2) is 18.2 Å². The fourth-order valence-electron chi connectivity index (χ4n) is 2.07. The number of aromatic carboxylic acids is 1. The summed E-state index contributed by atoms with van der Waals surface area (Å²) in [6, 6.07) is 4.88. The molecule has 0 saturated carbocycles. The lowest BCUT2D eigenvalue weighted by Crippen LogP contribution is -2.00. The molecule has 0 aliphatic rings. The molecule has 0 bridgehead atoms. The van der Waals surface area contributed by atoms with E-state index < -0.39 is 5.97 Å². The number of aromatic nitrogens is 2. The topological polar surface area (TPSA) is 55.1 Å². The van der Waals surface area contributed by atoms with Gasteiger partial charge in [-0.3, -0.25) is 4.68 Å². The van der Waals surface area contributed by atoms with Crippen LogP contribution >= 0.6 is 11.6 Å². The molecule has 0 atom stereocenters. The lowest BCUT2D eigenvalue weighted by molar-refractivity contribution is 0.0697. The molecule has 1 aromatic heterocycles. The van der Waals surface area contributed by atoms with Gasteiger partial charge in [0.15, 0.2) is 0 Å². The van der Waals surface area contributed by atoms with Gasteiger partial charge in [-0.2, -0.15) is 5.10 Å².